The highest BCUT2D eigenvalue weighted by molar-refractivity contribution is 5.95. The van der Waals surface area contributed by atoms with Crippen LogP contribution in [0.4, 0.5) is 5.69 Å². The predicted molar refractivity (Wildman–Crippen MR) is 143 cm³/mol. The minimum atomic E-state index is -0.255. The maximum absolute atomic E-state index is 14.2. The number of aromatic amines is 1. The van der Waals surface area contributed by atoms with Gasteiger partial charge in [-0.3, -0.25) is 9.59 Å². The molecule has 0 bridgehead atoms. The molecule has 2 aliphatic heterocycles. The van der Waals surface area contributed by atoms with E-state index < -0.39 is 0 Å². The molecule has 3 aromatic rings. The Hall–Kier alpha value is -4.12. The average Bonchev–Trinajstić information content (AvgIpc) is 3.64. The Bertz CT molecular complexity index is 1390. The molecule has 1 saturated heterocycles. The zero-order valence-corrected chi connectivity index (χ0v) is 21.5. The van der Waals surface area contributed by atoms with Gasteiger partial charge in [0.15, 0.2) is 0 Å². The largest absolute Gasteiger partial charge is 0.375 e. The number of nitrogens with zero attached hydrogens (tertiary/aromatic N) is 3. The highest BCUT2D eigenvalue weighted by Crippen LogP contribution is 2.51. The maximum Gasteiger partial charge on any atom is 0.251 e. The second-order valence-corrected chi connectivity index (χ2v) is 10.7. The van der Waals surface area contributed by atoms with E-state index >= 15 is 0 Å². The number of anilines is 1. The van der Waals surface area contributed by atoms with Crippen LogP contribution in [0.25, 0.3) is 0 Å². The molecular formula is C30H32N6O2. The summed E-state index contributed by atoms with van der Waals surface area (Å²) in [5.74, 6) is 0.790. The number of H-pyrrole nitrogens is 1. The van der Waals surface area contributed by atoms with Gasteiger partial charge >= 0.3 is 0 Å². The van der Waals surface area contributed by atoms with Crippen LogP contribution in [-0.4, -0.2) is 39.3 Å². The van der Waals surface area contributed by atoms with Crippen LogP contribution in [0.3, 0.4) is 0 Å². The van der Waals surface area contributed by atoms with E-state index in [9.17, 15) is 14.9 Å². The fourth-order valence-electron chi connectivity index (χ4n) is 6.68. The number of aromatic nitrogens is 2. The van der Waals surface area contributed by atoms with Gasteiger partial charge in [0.1, 0.15) is 5.82 Å². The van der Waals surface area contributed by atoms with Crippen LogP contribution in [-0.2, 0) is 4.79 Å². The van der Waals surface area contributed by atoms with E-state index in [1.165, 1.54) is 0 Å². The number of nitrogens with one attached hydrogen (secondary N) is 3. The molecule has 0 radical (unpaired) electrons. The van der Waals surface area contributed by atoms with Crippen molar-refractivity contribution in [3.63, 3.8) is 0 Å². The van der Waals surface area contributed by atoms with Crippen molar-refractivity contribution in [3.05, 3.63) is 82.9 Å². The zero-order valence-electron chi connectivity index (χ0n) is 21.5. The molecular weight excluding hydrogens is 476 g/mol. The number of hydrogen-bond donors (Lipinski definition) is 3. The number of fused-ring (bicyclic) bond motifs is 3. The van der Waals surface area contributed by atoms with Crippen LogP contribution in [0.2, 0.25) is 0 Å². The van der Waals surface area contributed by atoms with Gasteiger partial charge in [-0.15, -0.1) is 0 Å². The van der Waals surface area contributed by atoms with Gasteiger partial charge in [0.2, 0.25) is 5.91 Å². The SMILES string of the molecule is Cc1cc(C(=O)N[C@@H]2CCCC[C@@H]2C(=O)N2CC[C@H]3[C@H](c4ncc[nH]4)Nc4ccccc4[C@@H]32)ccc1C#N. The summed E-state index contributed by atoms with van der Waals surface area (Å²) >= 11 is 0. The monoisotopic (exact) mass is 508 g/mol. The zero-order chi connectivity index (χ0) is 26.2. The Kier molecular flexibility index (Phi) is 6.36. The first kappa shape index (κ1) is 24.2. The van der Waals surface area contributed by atoms with Gasteiger partial charge in [0, 0.05) is 42.1 Å². The van der Waals surface area contributed by atoms with Gasteiger partial charge < -0.3 is 20.5 Å². The van der Waals surface area contributed by atoms with E-state index in [2.05, 4.69) is 43.7 Å². The van der Waals surface area contributed by atoms with Crippen LogP contribution < -0.4 is 10.6 Å². The third kappa shape index (κ3) is 4.22. The summed E-state index contributed by atoms with van der Waals surface area (Å²) in [6.07, 6.45) is 8.02. The number of nitriles is 1. The van der Waals surface area contributed by atoms with Crippen molar-refractivity contribution in [2.45, 2.75) is 57.2 Å². The number of amides is 2. The fraction of sp³-hybridized carbons (Fsp3) is 0.400. The summed E-state index contributed by atoms with van der Waals surface area (Å²) in [6.45, 7) is 2.52. The minimum Gasteiger partial charge on any atom is -0.375 e. The molecule has 2 amide bonds. The van der Waals surface area contributed by atoms with Crippen molar-refractivity contribution in [2.75, 3.05) is 11.9 Å². The highest BCUT2D eigenvalue weighted by atomic mass is 16.2. The van der Waals surface area contributed by atoms with Crippen LogP contribution in [0.5, 0.6) is 0 Å². The van der Waals surface area contributed by atoms with Crippen molar-refractivity contribution in [2.24, 2.45) is 11.8 Å². The molecule has 2 fully saturated rings. The van der Waals surface area contributed by atoms with E-state index in [4.69, 9.17) is 0 Å². The summed E-state index contributed by atoms with van der Waals surface area (Å²) < 4.78 is 0. The lowest BCUT2D eigenvalue weighted by Crippen LogP contribution is -2.50. The maximum atomic E-state index is 14.2. The number of likely N-dealkylation sites (tertiary alicyclic amines) is 1. The molecule has 0 unspecified atom stereocenters. The summed E-state index contributed by atoms with van der Waals surface area (Å²) in [4.78, 5) is 37.3. The van der Waals surface area contributed by atoms with Crippen molar-refractivity contribution in [1.82, 2.24) is 20.2 Å². The topological polar surface area (TPSA) is 114 Å². The lowest BCUT2D eigenvalue weighted by molar-refractivity contribution is -0.138. The third-order valence-electron chi connectivity index (χ3n) is 8.57. The van der Waals surface area contributed by atoms with Crippen molar-refractivity contribution in [1.29, 1.82) is 5.26 Å². The van der Waals surface area contributed by atoms with Gasteiger partial charge in [0.25, 0.3) is 5.91 Å². The molecule has 8 heteroatoms. The highest BCUT2D eigenvalue weighted by Gasteiger charge is 2.49. The van der Waals surface area contributed by atoms with Crippen LogP contribution in [0.15, 0.2) is 54.9 Å². The van der Waals surface area contributed by atoms with Crippen molar-refractivity contribution >= 4 is 17.5 Å². The van der Waals surface area contributed by atoms with Gasteiger partial charge in [-0.1, -0.05) is 31.0 Å². The van der Waals surface area contributed by atoms with Crippen LogP contribution in [0, 0.1) is 30.1 Å². The smallest absolute Gasteiger partial charge is 0.251 e. The third-order valence-corrected chi connectivity index (χ3v) is 8.57. The molecule has 1 aromatic heterocycles. The molecule has 194 valence electrons. The van der Waals surface area contributed by atoms with Crippen LogP contribution >= 0.6 is 0 Å². The molecule has 6 rings (SSSR count). The average molecular weight is 509 g/mol. The molecule has 3 aliphatic rings. The molecule has 3 N–H and O–H groups in total. The van der Waals surface area contributed by atoms with E-state index in [1.807, 2.05) is 25.3 Å². The second kappa shape index (κ2) is 9.97. The first-order chi connectivity index (χ1) is 18.5. The van der Waals surface area contributed by atoms with Crippen molar-refractivity contribution in [3.8, 4) is 6.07 Å². The number of imidazole rings is 1. The number of carbonyl (C=O) groups excluding carboxylic acids is 2. The molecule has 1 saturated carbocycles. The molecule has 3 heterocycles. The van der Waals surface area contributed by atoms with E-state index in [0.717, 1.165) is 54.7 Å². The van der Waals surface area contributed by atoms with Crippen LogP contribution in [0.1, 0.15) is 77.1 Å². The summed E-state index contributed by atoms with van der Waals surface area (Å²) in [7, 11) is 0. The Labute approximate surface area is 222 Å². The normalized spacial score (nSPS) is 26.0. The van der Waals surface area contributed by atoms with Gasteiger partial charge in [-0.2, -0.15) is 5.26 Å². The van der Waals surface area contributed by atoms with E-state index in [1.54, 1.807) is 24.4 Å². The minimum absolute atomic E-state index is 0.00387. The molecule has 38 heavy (non-hydrogen) atoms. The number of rotatable bonds is 4. The molecule has 0 spiro atoms. The first-order valence-corrected chi connectivity index (χ1v) is 13.5. The molecule has 1 aliphatic carbocycles. The van der Waals surface area contributed by atoms with Gasteiger partial charge in [-0.05, 0) is 61.6 Å². The Morgan fingerprint density at radius 1 is 1.13 bits per heavy atom. The number of aryl methyl sites for hydroxylation is 1. The summed E-state index contributed by atoms with van der Waals surface area (Å²) in [5, 5.41) is 16.1. The lowest BCUT2D eigenvalue weighted by Gasteiger charge is -2.41. The quantitative estimate of drug-likeness (QED) is 0.475. The molecule has 5 atom stereocenters. The Morgan fingerprint density at radius 2 is 1.97 bits per heavy atom. The number of carbonyl (C=O) groups is 2. The molecule has 8 nitrogen and oxygen atoms in total. The van der Waals surface area contributed by atoms with Gasteiger partial charge in [-0.25, -0.2) is 4.98 Å². The predicted octanol–water partition coefficient (Wildman–Crippen LogP) is 4.64. The summed E-state index contributed by atoms with van der Waals surface area (Å²) in [5.41, 5.74) is 4.05. The van der Waals surface area contributed by atoms with Gasteiger partial charge in [0.05, 0.1) is 29.6 Å². The van der Waals surface area contributed by atoms with E-state index in [0.29, 0.717) is 17.7 Å². The standard InChI is InChI=1S/C30H32N6O2/c1-18-16-19(10-11-20(18)17-31)29(37)35-25-9-5-3-7-22(25)30(38)36-15-12-23-26(28-32-13-14-33-28)34-24-8-4-2-6-21(24)27(23)36/h2,4,6,8,10-11,13-14,16,22-23,25-27,34H,3,5,7,9,12,15H2,1H3,(H,32,33)(H,35,37)/t22-,23-,25+,26+,27-/m0/s1. The number of para-hydroxylation sites is 1. The van der Waals surface area contributed by atoms with Crippen molar-refractivity contribution < 1.29 is 9.59 Å². The summed E-state index contributed by atoms with van der Waals surface area (Å²) in [6, 6.07) is 15.3. The van der Waals surface area contributed by atoms with E-state index in [-0.39, 0.29) is 41.8 Å². The number of hydrogen-bond acceptors (Lipinski definition) is 5. The Morgan fingerprint density at radius 3 is 2.76 bits per heavy atom. The molecule has 2 aromatic carbocycles. The Balaban J connectivity index is 1.25. The number of benzene rings is 2. The second-order valence-electron chi connectivity index (χ2n) is 10.7. The lowest BCUT2D eigenvalue weighted by atomic mass is 9.80. The first-order valence-electron chi connectivity index (χ1n) is 13.5. The fourth-order valence-corrected chi connectivity index (χ4v) is 6.68.